The van der Waals surface area contributed by atoms with Crippen molar-refractivity contribution in [1.82, 2.24) is 9.97 Å². The third-order valence-electron chi connectivity index (χ3n) is 2.30. The van der Waals surface area contributed by atoms with E-state index < -0.39 is 0 Å². The third kappa shape index (κ3) is 4.99. The highest BCUT2D eigenvalue weighted by atomic mass is 16.5. The molecule has 1 rings (SSSR count). The van der Waals surface area contributed by atoms with Crippen molar-refractivity contribution in [3.8, 4) is 11.8 Å². The maximum absolute atomic E-state index is 5.98. The highest BCUT2D eigenvalue weighted by Gasteiger charge is 2.17. The zero-order chi connectivity index (χ0) is 12.9. The van der Waals surface area contributed by atoms with E-state index in [-0.39, 0.29) is 11.6 Å². The molecular weight excluding hydrogens is 218 g/mol. The first-order valence-corrected chi connectivity index (χ1v) is 5.83. The van der Waals surface area contributed by atoms with Gasteiger partial charge < -0.3 is 15.2 Å². The number of ether oxygens (including phenoxy) is 2. The molecule has 96 valence electrons. The Morgan fingerprint density at radius 2 is 2.00 bits per heavy atom. The molecule has 0 saturated heterocycles. The molecule has 0 saturated carbocycles. The van der Waals surface area contributed by atoms with Crippen LogP contribution in [0.3, 0.4) is 0 Å². The fourth-order valence-electron chi connectivity index (χ4n) is 1.04. The molecule has 1 aromatic rings. The Morgan fingerprint density at radius 3 is 2.59 bits per heavy atom. The molecular formula is C12H21N3O2. The number of nitrogens with two attached hydrogens (primary N) is 1. The van der Waals surface area contributed by atoms with Crippen molar-refractivity contribution >= 4 is 0 Å². The van der Waals surface area contributed by atoms with Gasteiger partial charge in [-0.2, -0.15) is 4.98 Å². The number of rotatable bonds is 6. The Morgan fingerprint density at radius 1 is 1.35 bits per heavy atom. The van der Waals surface area contributed by atoms with E-state index in [2.05, 4.69) is 9.97 Å². The zero-order valence-corrected chi connectivity index (χ0v) is 10.9. The van der Waals surface area contributed by atoms with Crippen molar-refractivity contribution in [3.05, 3.63) is 12.4 Å². The van der Waals surface area contributed by atoms with E-state index in [0.717, 1.165) is 6.42 Å². The minimum atomic E-state index is -0.351. The maximum Gasteiger partial charge on any atom is 0.235 e. The maximum atomic E-state index is 5.98. The molecule has 1 heterocycles. The van der Waals surface area contributed by atoms with Gasteiger partial charge in [-0.05, 0) is 27.2 Å². The molecule has 0 radical (unpaired) electrons. The number of hydrogen-bond donors (Lipinski definition) is 1. The van der Waals surface area contributed by atoms with Crippen molar-refractivity contribution in [2.75, 3.05) is 6.61 Å². The summed E-state index contributed by atoms with van der Waals surface area (Å²) in [6, 6.07) is 0. The molecule has 0 aliphatic heterocycles. The summed E-state index contributed by atoms with van der Waals surface area (Å²) in [5, 5.41) is 0. The Kier molecular flexibility index (Phi) is 4.69. The standard InChI is InChI=1S/C12H21N3O2/c1-5-12(4,13)8-16-10-6-14-7-11(15-10)17-9(2)3/h6-7,9H,5,8,13H2,1-4H3. The number of aromatic nitrogens is 2. The highest BCUT2D eigenvalue weighted by molar-refractivity contribution is 5.13. The molecule has 1 unspecified atom stereocenters. The first-order valence-electron chi connectivity index (χ1n) is 5.83. The van der Waals surface area contributed by atoms with E-state index in [1.807, 2.05) is 27.7 Å². The van der Waals surface area contributed by atoms with Gasteiger partial charge in [-0.1, -0.05) is 6.92 Å². The molecule has 1 aromatic heterocycles. The van der Waals surface area contributed by atoms with Gasteiger partial charge >= 0.3 is 0 Å². The van der Waals surface area contributed by atoms with Gasteiger partial charge in [0.1, 0.15) is 6.61 Å². The summed E-state index contributed by atoms with van der Waals surface area (Å²) in [4.78, 5) is 8.20. The quantitative estimate of drug-likeness (QED) is 0.819. The second-order valence-electron chi connectivity index (χ2n) is 4.66. The van der Waals surface area contributed by atoms with E-state index in [1.165, 1.54) is 0 Å². The largest absolute Gasteiger partial charge is 0.475 e. The predicted octanol–water partition coefficient (Wildman–Crippen LogP) is 1.77. The van der Waals surface area contributed by atoms with Crippen LogP contribution in [0.4, 0.5) is 0 Å². The summed E-state index contributed by atoms with van der Waals surface area (Å²) >= 11 is 0. The van der Waals surface area contributed by atoms with Gasteiger partial charge in [0.05, 0.1) is 18.5 Å². The first kappa shape index (κ1) is 13.7. The monoisotopic (exact) mass is 239 g/mol. The molecule has 1 atom stereocenters. The lowest BCUT2D eigenvalue weighted by molar-refractivity contribution is 0.203. The van der Waals surface area contributed by atoms with E-state index in [0.29, 0.717) is 18.4 Å². The van der Waals surface area contributed by atoms with Crippen LogP contribution < -0.4 is 15.2 Å². The average molecular weight is 239 g/mol. The van der Waals surface area contributed by atoms with Crippen molar-refractivity contribution in [1.29, 1.82) is 0 Å². The number of hydrogen-bond acceptors (Lipinski definition) is 5. The van der Waals surface area contributed by atoms with E-state index in [1.54, 1.807) is 12.4 Å². The molecule has 5 heteroatoms. The molecule has 2 N–H and O–H groups in total. The van der Waals surface area contributed by atoms with Crippen LogP contribution in [0.1, 0.15) is 34.1 Å². The van der Waals surface area contributed by atoms with Gasteiger partial charge in [-0.15, -0.1) is 0 Å². The van der Waals surface area contributed by atoms with Crippen LogP contribution in [0.5, 0.6) is 11.8 Å². The minimum absolute atomic E-state index is 0.0648. The first-order chi connectivity index (χ1) is 7.93. The molecule has 0 spiro atoms. The molecule has 0 bridgehead atoms. The Hall–Kier alpha value is -1.36. The SMILES string of the molecule is CCC(C)(N)COc1cncc(OC(C)C)n1. The van der Waals surface area contributed by atoms with Gasteiger partial charge in [-0.25, -0.2) is 0 Å². The predicted molar refractivity (Wildman–Crippen MR) is 66.2 cm³/mol. The van der Waals surface area contributed by atoms with Crippen molar-refractivity contribution < 1.29 is 9.47 Å². The zero-order valence-electron chi connectivity index (χ0n) is 10.9. The number of nitrogens with zero attached hydrogens (tertiary/aromatic N) is 2. The van der Waals surface area contributed by atoms with Crippen LogP contribution in [0.15, 0.2) is 12.4 Å². The lowest BCUT2D eigenvalue weighted by atomic mass is 10.0. The van der Waals surface area contributed by atoms with Gasteiger partial charge in [-0.3, -0.25) is 4.98 Å². The van der Waals surface area contributed by atoms with Crippen LogP contribution in [0.2, 0.25) is 0 Å². The van der Waals surface area contributed by atoms with Crippen molar-refractivity contribution in [3.63, 3.8) is 0 Å². The van der Waals surface area contributed by atoms with Crippen LogP contribution >= 0.6 is 0 Å². The Bertz CT molecular complexity index is 353. The van der Waals surface area contributed by atoms with Crippen LogP contribution in [-0.2, 0) is 0 Å². The smallest absolute Gasteiger partial charge is 0.235 e. The third-order valence-corrected chi connectivity index (χ3v) is 2.30. The molecule has 0 fully saturated rings. The van der Waals surface area contributed by atoms with Crippen molar-refractivity contribution in [2.24, 2.45) is 5.73 Å². The summed E-state index contributed by atoms with van der Waals surface area (Å²) in [7, 11) is 0. The van der Waals surface area contributed by atoms with E-state index in [9.17, 15) is 0 Å². The molecule has 0 aliphatic carbocycles. The molecule has 0 aromatic carbocycles. The second-order valence-corrected chi connectivity index (χ2v) is 4.66. The molecule has 0 aliphatic rings. The lowest BCUT2D eigenvalue weighted by Gasteiger charge is -2.22. The summed E-state index contributed by atoms with van der Waals surface area (Å²) in [6.45, 7) is 8.23. The van der Waals surface area contributed by atoms with Crippen LogP contribution in [0.25, 0.3) is 0 Å². The topological polar surface area (TPSA) is 70.3 Å². The Labute approximate surface area is 102 Å². The molecule has 0 amide bonds. The fourth-order valence-corrected chi connectivity index (χ4v) is 1.04. The normalized spacial score (nSPS) is 14.5. The lowest BCUT2D eigenvalue weighted by Crippen LogP contribution is -2.41. The van der Waals surface area contributed by atoms with E-state index >= 15 is 0 Å². The van der Waals surface area contributed by atoms with Gasteiger partial charge in [0.2, 0.25) is 11.8 Å². The summed E-state index contributed by atoms with van der Waals surface area (Å²) in [5.74, 6) is 0.904. The molecule has 17 heavy (non-hydrogen) atoms. The van der Waals surface area contributed by atoms with Gasteiger partial charge in [0.15, 0.2) is 0 Å². The van der Waals surface area contributed by atoms with Crippen LogP contribution in [0, 0.1) is 0 Å². The second kappa shape index (κ2) is 5.82. The highest BCUT2D eigenvalue weighted by Crippen LogP contribution is 2.14. The van der Waals surface area contributed by atoms with Gasteiger partial charge in [0, 0.05) is 5.54 Å². The average Bonchev–Trinajstić information content (AvgIpc) is 2.26. The van der Waals surface area contributed by atoms with Crippen molar-refractivity contribution in [2.45, 2.75) is 45.8 Å². The fraction of sp³-hybridized carbons (Fsp3) is 0.667. The summed E-state index contributed by atoms with van der Waals surface area (Å²) in [5.41, 5.74) is 5.63. The van der Waals surface area contributed by atoms with Gasteiger partial charge in [0.25, 0.3) is 0 Å². The van der Waals surface area contributed by atoms with E-state index in [4.69, 9.17) is 15.2 Å². The Balaban J connectivity index is 2.60. The minimum Gasteiger partial charge on any atom is -0.475 e. The summed E-state index contributed by atoms with van der Waals surface area (Å²) < 4.78 is 10.9. The van der Waals surface area contributed by atoms with Crippen LogP contribution in [-0.4, -0.2) is 28.2 Å². The summed E-state index contributed by atoms with van der Waals surface area (Å²) in [6.07, 6.45) is 4.02. The molecule has 5 nitrogen and oxygen atoms in total.